The quantitative estimate of drug-likeness (QED) is 0.690. The van der Waals surface area contributed by atoms with Gasteiger partial charge in [0.15, 0.2) is 0 Å². The first-order valence-corrected chi connectivity index (χ1v) is 7.17. The third-order valence-electron chi connectivity index (χ3n) is 3.04. The Morgan fingerprint density at radius 2 is 1.89 bits per heavy atom. The smallest absolute Gasteiger partial charge is 0.123 e. The first kappa shape index (κ1) is 16.1. The lowest BCUT2D eigenvalue weighted by molar-refractivity contribution is 0.103. The van der Waals surface area contributed by atoms with Crippen LogP contribution in [0.2, 0.25) is 0 Å². The number of nitrogens with one attached hydrogen (secondary N) is 1. The summed E-state index contributed by atoms with van der Waals surface area (Å²) in [4.78, 5) is 0. The molecule has 108 valence electrons. The fourth-order valence-corrected chi connectivity index (χ4v) is 1.98. The minimum Gasteiger partial charge on any atom is -0.381 e. The Kier molecular flexibility index (Phi) is 7.68. The second-order valence-corrected chi connectivity index (χ2v) is 5.31. The highest BCUT2D eigenvalue weighted by Gasteiger charge is 2.11. The summed E-state index contributed by atoms with van der Waals surface area (Å²) in [6.07, 6.45) is 0.964. The van der Waals surface area contributed by atoms with Crippen molar-refractivity contribution in [2.24, 2.45) is 5.92 Å². The highest BCUT2D eigenvalue weighted by molar-refractivity contribution is 5.20. The molecule has 0 radical (unpaired) electrons. The van der Waals surface area contributed by atoms with E-state index >= 15 is 0 Å². The average molecular weight is 267 g/mol. The second kappa shape index (κ2) is 9.05. The lowest BCUT2D eigenvalue weighted by atomic mass is 9.96. The minimum atomic E-state index is -0.179. The molecule has 0 aliphatic heterocycles. The maximum atomic E-state index is 13.0. The zero-order valence-electron chi connectivity index (χ0n) is 12.3. The molecule has 2 nitrogen and oxygen atoms in total. The molecule has 1 unspecified atom stereocenters. The SMILES string of the molecule is CCNCC(CCOCC(C)C)c1ccc(F)cc1. The third-order valence-corrected chi connectivity index (χ3v) is 3.04. The van der Waals surface area contributed by atoms with E-state index in [-0.39, 0.29) is 5.82 Å². The number of ether oxygens (including phenoxy) is 1. The molecule has 1 atom stereocenters. The number of hydrogen-bond donors (Lipinski definition) is 1. The van der Waals surface area contributed by atoms with E-state index in [0.29, 0.717) is 11.8 Å². The summed E-state index contributed by atoms with van der Waals surface area (Å²) >= 11 is 0. The molecule has 1 rings (SSSR count). The van der Waals surface area contributed by atoms with Crippen LogP contribution in [-0.2, 0) is 4.74 Å². The maximum Gasteiger partial charge on any atom is 0.123 e. The van der Waals surface area contributed by atoms with Gasteiger partial charge in [0.1, 0.15) is 5.82 Å². The molecule has 1 aromatic carbocycles. The number of hydrogen-bond acceptors (Lipinski definition) is 2. The molecule has 0 saturated carbocycles. The lowest BCUT2D eigenvalue weighted by Gasteiger charge is -2.18. The van der Waals surface area contributed by atoms with Crippen LogP contribution in [0.25, 0.3) is 0 Å². The molecule has 0 aliphatic rings. The predicted octanol–water partition coefficient (Wildman–Crippen LogP) is 3.58. The number of likely N-dealkylation sites (N-methyl/N-ethyl adjacent to an activating group) is 1. The van der Waals surface area contributed by atoms with E-state index in [1.54, 1.807) is 0 Å². The molecule has 19 heavy (non-hydrogen) atoms. The highest BCUT2D eigenvalue weighted by Crippen LogP contribution is 2.19. The van der Waals surface area contributed by atoms with Gasteiger partial charge in [0.25, 0.3) is 0 Å². The van der Waals surface area contributed by atoms with Crippen LogP contribution in [-0.4, -0.2) is 26.3 Å². The summed E-state index contributed by atoms with van der Waals surface area (Å²) < 4.78 is 18.6. The van der Waals surface area contributed by atoms with Crippen molar-refractivity contribution in [2.45, 2.75) is 33.1 Å². The molecule has 1 aromatic rings. The maximum absolute atomic E-state index is 13.0. The molecular weight excluding hydrogens is 241 g/mol. The van der Waals surface area contributed by atoms with Crippen LogP contribution in [0.4, 0.5) is 4.39 Å². The Labute approximate surface area is 116 Å². The van der Waals surface area contributed by atoms with Crippen LogP contribution in [0.15, 0.2) is 24.3 Å². The monoisotopic (exact) mass is 267 g/mol. The Balaban J connectivity index is 2.48. The largest absolute Gasteiger partial charge is 0.381 e. The Bertz CT molecular complexity index is 337. The van der Waals surface area contributed by atoms with E-state index in [1.165, 1.54) is 17.7 Å². The molecule has 3 heteroatoms. The van der Waals surface area contributed by atoms with Crippen LogP contribution < -0.4 is 5.32 Å². The van der Waals surface area contributed by atoms with Gasteiger partial charge in [-0.3, -0.25) is 0 Å². The Morgan fingerprint density at radius 1 is 1.21 bits per heavy atom. The summed E-state index contributed by atoms with van der Waals surface area (Å²) in [5.41, 5.74) is 1.18. The molecule has 0 heterocycles. The fraction of sp³-hybridized carbons (Fsp3) is 0.625. The van der Waals surface area contributed by atoms with E-state index < -0.39 is 0 Å². The molecule has 1 N–H and O–H groups in total. The molecule has 0 amide bonds. The fourth-order valence-electron chi connectivity index (χ4n) is 1.98. The first-order valence-electron chi connectivity index (χ1n) is 7.17. The van der Waals surface area contributed by atoms with Crippen molar-refractivity contribution in [1.82, 2.24) is 5.32 Å². The van der Waals surface area contributed by atoms with Crippen molar-refractivity contribution in [3.05, 3.63) is 35.6 Å². The lowest BCUT2D eigenvalue weighted by Crippen LogP contribution is -2.22. The predicted molar refractivity (Wildman–Crippen MR) is 78.0 cm³/mol. The topological polar surface area (TPSA) is 21.3 Å². The van der Waals surface area contributed by atoms with Crippen molar-refractivity contribution < 1.29 is 9.13 Å². The molecule has 0 fully saturated rings. The molecule has 0 spiro atoms. The third kappa shape index (κ3) is 6.69. The van der Waals surface area contributed by atoms with Crippen molar-refractivity contribution in [3.63, 3.8) is 0 Å². The van der Waals surface area contributed by atoms with Gasteiger partial charge in [0.2, 0.25) is 0 Å². The normalized spacial score (nSPS) is 12.9. The minimum absolute atomic E-state index is 0.179. The molecule has 0 bridgehead atoms. The van der Waals surface area contributed by atoms with Crippen LogP contribution in [0.1, 0.15) is 38.7 Å². The van der Waals surface area contributed by atoms with Crippen LogP contribution in [0.5, 0.6) is 0 Å². The summed E-state index contributed by atoms with van der Waals surface area (Å²) in [5, 5.41) is 3.36. The van der Waals surface area contributed by atoms with Gasteiger partial charge < -0.3 is 10.1 Å². The highest BCUT2D eigenvalue weighted by atomic mass is 19.1. The van der Waals surface area contributed by atoms with Crippen LogP contribution in [0.3, 0.4) is 0 Å². The summed E-state index contributed by atoms with van der Waals surface area (Å²) in [5.74, 6) is 0.771. The Hall–Kier alpha value is -0.930. The van der Waals surface area contributed by atoms with Gasteiger partial charge in [-0.25, -0.2) is 4.39 Å². The van der Waals surface area contributed by atoms with E-state index in [1.807, 2.05) is 12.1 Å². The summed E-state index contributed by atoms with van der Waals surface area (Å²) in [6.45, 7) is 9.81. The molecule has 0 saturated heterocycles. The standard InChI is InChI=1S/C16H26FNO/c1-4-18-11-15(9-10-19-12-13(2)3)14-5-7-16(17)8-6-14/h5-8,13,15,18H,4,9-12H2,1-3H3. The zero-order valence-corrected chi connectivity index (χ0v) is 12.3. The van der Waals surface area contributed by atoms with Crippen molar-refractivity contribution in [1.29, 1.82) is 0 Å². The molecular formula is C16H26FNO. The molecule has 0 aliphatic carbocycles. The van der Waals surface area contributed by atoms with Crippen molar-refractivity contribution >= 4 is 0 Å². The van der Waals surface area contributed by atoms with Crippen molar-refractivity contribution in [2.75, 3.05) is 26.3 Å². The van der Waals surface area contributed by atoms with Gasteiger partial charge in [0, 0.05) is 19.8 Å². The van der Waals surface area contributed by atoms with Crippen LogP contribution in [0, 0.1) is 11.7 Å². The number of halogens is 1. The Morgan fingerprint density at radius 3 is 2.47 bits per heavy atom. The van der Waals surface area contributed by atoms with Gasteiger partial charge in [-0.15, -0.1) is 0 Å². The first-order chi connectivity index (χ1) is 9.13. The summed E-state index contributed by atoms with van der Waals surface area (Å²) in [6, 6.07) is 6.81. The van der Waals surface area contributed by atoms with Crippen LogP contribution >= 0.6 is 0 Å². The second-order valence-electron chi connectivity index (χ2n) is 5.31. The van der Waals surface area contributed by atoms with E-state index in [9.17, 15) is 4.39 Å². The van der Waals surface area contributed by atoms with Gasteiger partial charge in [-0.1, -0.05) is 32.9 Å². The van der Waals surface area contributed by atoms with Gasteiger partial charge >= 0.3 is 0 Å². The van der Waals surface area contributed by atoms with Gasteiger partial charge in [-0.05, 0) is 42.5 Å². The molecule has 0 aromatic heterocycles. The zero-order chi connectivity index (χ0) is 14.1. The summed E-state index contributed by atoms with van der Waals surface area (Å²) in [7, 11) is 0. The van der Waals surface area contributed by atoms with E-state index in [2.05, 4.69) is 26.1 Å². The number of benzene rings is 1. The van der Waals surface area contributed by atoms with Crippen molar-refractivity contribution in [3.8, 4) is 0 Å². The van der Waals surface area contributed by atoms with Gasteiger partial charge in [-0.2, -0.15) is 0 Å². The van der Waals surface area contributed by atoms with Gasteiger partial charge in [0.05, 0.1) is 0 Å². The number of rotatable bonds is 9. The van der Waals surface area contributed by atoms with E-state index in [0.717, 1.165) is 32.7 Å². The van der Waals surface area contributed by atoms with E-state index in [4.69, 9.17) is 4.74 Å². The average Bonchev–Trinajstić information content (AvgIpc) is 2.39.